The molecular formula is C25H30N4O3S. The van der Waals surface area contributed by atoms with E-state index in [0.29, 0.717) is 6.61 Å². The van der Waals surface area contributed by atoms with Crippen LogP contribution in [0.5, 0.6) is 0 Å². The quantitative estimate of drug-likeness (QED) is 0.482. The first-order valence-electron chi connectivity index (χ1n) is 11.5. The largest absolute Gasteiger partial charge is 0.466 e. The zero-order chi connectivity index (χ0) is 23.0. The number of rotatable bonds is 9. The Morgan fingerprint density at radius 1 is 1.06 bits per heavy atom. The SMILES string of the molecule is CCOC(=O)CCC(=O)Nc1cccc(CCN2CCN(c3nsc4ccccc34)CC2)c1. The van der Waals surface area contributed by atoms with Crippen LogP contribution >= 0.6 is 11.5 Å². The predicted octanol–water partition coefficient (Wildman–Crippen LogP) is 3.94. The highest BCUT2D eigenvalue weighted by molar-refractivity contribution is 7.13. The zero-order valence-electron chi connectivity index (χ0n) is 19.0. The molecule has 1 fully saturated rings. The fourth-order valence-corrected chi connectivity index (χ4v) is 4.84. The first-order chi connectivity index (χ1) is 16.1. The Labute approximate surface area is 198 Å². The van der Waals surface area contributed by atoms with Crippen molar-refractivity contribution >= 4 is 45.0 Å². The number of ether oxygens (including phenoxy) is 1. The summed E-state index contributed by atoms with van der Waals surface area (Å²) in [6.07, 6.45) is 1.15. The summed E-state index contributed by atoms with van der Waals surface area (Å²) in [7, 11) is 0. The van der Waals surface area contributed by atoms with E-state index in [1.165, 1.54) is 15.6 Å². The Morgan fingerprint density at radius 3 is 2.70 bits per heavy atom. The molecule has 2 aromatic carbocycles. The molecule has 3 aromatic rings. The van der Waals surface area contributed by atoms with Crippen LogP contribution in [0.4, 0.5) is 11.5 Å². The van der Waals surface area contributed by atoms with Gasteiger partial charge in [-0.15, -0.1) is 0 Å². The van der Waals surface area contributed by atoms with Crippen LogP contribution in [0.3, 0.4) is 0 Å². The minimum atomic E-state index is -0.343. The van der Waals surface area contributed by atoms with E-state index >= 15 is 0 Å². The summed E-state index contributed by atoms with van der Waals surface area (Å²) in [6.45, 7) is 7.04. The molecule has 1 aliphatic rings. The van der Waals surface area contributed by atoms with Gasteiger partial charge < -0.3 is 15.0 Å². The lowest BCUT2D eigenvalue weighted by molar-refractivity contribution is -0.144. The highest BCUT2D eigenvalue weighted by atomic mass is 32.1. The Kier molecular flexibility index (Phi) is 7.91. The number of nitrogens with one attached hydrogen (secondary N) is 1. The number of esters is 1. The number of anilines is 2. The Bertz CT molecular complexity index is 1090. The van der Waals surface area contributed by atoms with Gasteiger partial charge in [0.1, 0.15) is 5.82 Å². The molecule has 1 N–H and O–H groups in total. The maximum absolute atomic E-state index is 12.1. The molecule has 2 heterocycles. The van der Waals surface area contributed by atoms with Crippen LogP contribution in [0.1, 0.15) is 25.3 Å². The number of benzene rings is 2. The summed E-state index contributed by atoms with van der Waals surface area (Å²) >= 11 is 1.57. The molecule has 0 bridgehead atoms. The van der Waals surface area contributed by atoms with Crippen LogP contribution in [-0.4, -0.2) is 60.5 Å². The third-order valence-electron chi connectivity index (χ3n) is 5.82. The second kappa shape index (κ2) is 11.2. The molecule has 1 amide bonds. The van der Waals surface area contributed by atoms with Crippen LogP contribution in [0.25, 0.3) is 10.1 Å². The van der Waals surface area contributed by atoms with E-state index in [4.69, 9.17) is 9.11 Å². The van der Waals surface area contributed by atoms with Gasteiger partial charge in [-0.25, -0.2) is 0 Å². The summed E-state index contributed by atoms with van der Waals surface area (Å²) in [6, 6.07) is 16.4. The molecule has 8 heteroatoms. The molecule has 1 saturated heterocycles. The number of piperazine rings is 1. The number of fused-ring (bicyclic) bond motifs is 1. The van der Waals surface area contributed by atoms with Gasteiger partial charge in [0.2, 0.25) is 5.91 Å². The van der Waals surface area contributed by atoms with E-state index in [0.717, 1.165) is 50.6 Å². The van der Waals surface area contributed by atoms with Crippen molar-refractivity contribution in [3.8, 4) is 0 Å². The second-order valence-electron chi connectivity index (χ2n) is 8.13. The topological polar surface area (TPSA) is 74.8 Å². The molecule has 0 radical (unpaired) electrons. The van der Waals surface area contributed by atoms with Crippen molar-refractivity contribution in [2.75, 3.05) is 49.5 Å². The summed E-state index contributed by atoms with van der Waals surface area (Å²) in [4.78, 5) is 28.4. The standard InChI is InChI=1S/C25H30N4O3S/c1-2-32-24(31)11-10-23(30)26-20-7-5-6-19(18-20)12-13-28-14-16-29(17-15-28)25-21-8-3-4-9-22(21)33-27-25/h3-9,18H,2,10-17H2,1H3,(H,26,30). The fourth-order valence-electron chi connectivity index (χ4n) is 4.05. The molecule has 1 aromatic heterocycles. The molecule has 33 heavy (non-hydrogen) atoms. The van der Waals surface area contributed by atoms with Gasteiger partial charge >= 0.3 is 5.97 Å². The van der Waals surface area contributed by atoms with Gasteiger partial charge in [0.25, 0.3) is 0 Å². The molecule has 0 unspecified atom stereocenters. The van der Waals surface area contributed by atoms with Gasteiger partial charge in [0, 0.05) is 50.2 Å². The third-order valence-corrected chi connectivity index (χ3v) is 6.64. The van der Waals surface area contributed by atoms with Gasteiger partial charge in [-0.05, 0) is 54.7 Å². The van der Waals surface area contributed by atoms with Crippen molar-refractivity contribution < 1.29 is 14.3 Å². The van der Waals surface area contributed by atoms with Crippen molar-refractivity contribution in [1.29, 1.82) is 0 Å². The highest BCUT2D eigenvalue weighted by Gasteiger charge is 2.20. The van der Waals surface area contributed by atoms with Crippen LogP contribution < -0.4 is 10.2 Å². The van der Waals surface area contributed by atoms with E-state index in [1.54, 1.807) is 18.5 Å². The van der Waals surface area contributed by atoms with E-state index < -0.39 is 0 Å². The molecule has 0 spiro atoms. The first kappa shape index (κ1) is 23.2. The molecule has 7 nitrogen and oxygen atoms in total. The maximum Gasteiger partial charge on any atom is 0.306 e. The Balaban J connectivity index is 1.23. The van der Waals surface area contributed by atoms with Crippen LogP contribution in [0.2, 0.25) is 0 Å². The molecule has 4 rings (SSSR count). The number of aromatic nitrogens is 1. The normalized spacial score (nSPS) is 14.4. The number of hydrogen-bond acceptors (Lipinski definition) is 7. The van der Waals surface area contributed by atoms with Crippen molar-refractivity contribution in [3.05, 3.63) is 54.1 Å². The number of carbonyl (C=O) groups excluding carboxylic acids is 2. The monoisotopic (exact) mass is 466 g/mol. The minimum Gasteiger partial charge on any atom is -0.466 e. The molecule has 1 aliphatic heterocycles. The zero-order valence-corrected chi connectivity index (χ0v) is 19.8. The van der Waals surface area contributed by atoms with Crippen molar-refractivity contribution in [2.45, 2.75) is 26.2 Å². The lowest BCUT2D eigenvalue weighted by Crippen LogP contribution is -2.47. The van der Waals surface area contributed by atoms with Crippen molar-refractivity contribution in [1.82, 2.24) is 9.27 Å². The van der Waals surface area contributed by atoms with Gasteiger partial charge in [-0.3, -0.25) is 14.5 Å². The second-order valence-corrected chi connectivity index (χ2v) is 8.94. The van der Waals surface area contributed by atoms with Gasteiger partial charge in [-0.2, -0.15) is 4.37 Å². The molecule has 174 valence electrons. The van der Waals surface area contributed by atoms with Crippen LogP contribution in [-0.2, 0) is 20.7 Å². The number of nitrogens with zero attached hydrogens (tertiary/aromatic N) is 3. The van der Waals surface area contributed by atoms with E-state index in [1.807, 2.05) is 18.2 Å². The summed E-state index contributed by atoms with van der Waals surface area (Å²) < 4.78 is 10.8. The summed E-state index contributed by atoms with van der Waals surface area (Å²) in [5.41, 5.74) is 1.95. The Hall–Kier alpha value is -2.97. The average molecular weight is 467 g/mol. The van der Waals surface area contributed by atoms with Crippen molar-refractivity contribution in [3.63, 3.8) is 0 Å². The highest BCUT2D eigenvalue weighted by Crippen LogP contribution is 2.29. The smallest absolute Gasteiger partial charge is 0.306 e. The molecule has 0 atom stereocenters. The van der Waals surface area contributed by atoms with E-state index in [2.05, 4.69) is 45.4 Å². The number of amides is 1. The minimum absolute atomic E-state index is 0.0992. The average Bonchev–Trinajstić information content (AvgIpc) is 3.26. The van der Waals surface area contributed by atoms with Crippen LogP contribution in [0, 0.1) is 0 Å². The number of carbonyl (C=O) groups is 2. The first-order valence-corrected chi connectivity index (χ1v) is 12.3. The van der Waals surface area contributed by atoms with Gasteiger partial charge in [0.05, 0.1) is 17.7 Å². The van der Waals surface area contributed by atoms with Crippen LogP contribution in [0.15, 0.2) is 48.5 Å². The lowest BCUT2D eigenvalue weighted by atomic mass is 10.1. The predicted molar refractivity (Wildman–Crippen MR) is 133 cm³/mol. The third kappa shape index (κ3) is 6.30. The maximum atomic E-state index is 12.1. The summed E-state index contributed by atoms with van der Waals surface area (Å²) in [5, 5.41) is 4.13. The lowest BCUT2D eigenvalue weighted by Gasteiger charge is -2.35. The molecular weight excluding hydrogens is 436 g/mol. The van der Waals surface area contributed by atoms with Gasteiger partial charge in [-0.1, -0.05) is 24.3 Å². The van der Waals surface area contributed by atoms with E-state index in [-0.39, 0.29) is 24.7 Å². The van der Waals surface area contributed by atoms with Gasteiger partial charge in [0.15, 0.2) is 0 Å². The Morgan fingerprint density at radius 2 is 1.88 bits per heavy atom. The summed E-state index contributed by atoms with van der Waals surface area (Å²) in [5.74, 6) is 0.594. The molecule has 0 saturated carbocycles. The molecule has 0 aliphatic carbocycles. The van der Waals surface area contributed by atoms with Crippen molar-refractivity contribution in [2.24, 2.45) is 0 Å². The number of hydrogen-bond donors (Lipinski definition) is 1. The van der Waals surface area contributed by atoms with E-state index in [9.17, 15) is 9.59 Å². The fraction of sp³-hybridized carbons (Fsp3) is 0.400.